The summed E-state index contributed by atoms with van der Waals surface area (Å²) < 4.78 is 5.14. The minimum Gasteiger partial charge on any atom is -0.546 e. The monoisotopic (exact) mass is 399 g/mol. The number of rotatable bonds is 9. The van der Waals surface area contributed by atoms with Crippen LogP contribution in [0.1, 0.15) is 61.9 Å². The third kappa shape index (κ3) is 4.21. The molecule has 0 heterocycles. The summed E-state index contributed by atoms with van der Waals surface area (Å²) in [7, 11) is 0. The number of benzene rings is 1. The van der Waals surface area contributed by atoms with Crippen molar-refractivity contribution in [2.24, 2.45) is 5.41 Å². The standard InChI is InChI=1S/C19H22Cl2O5/c1-3-4-6-19(7-5-11(2)22)9-12-8-13(26-10-14(23)24)16(20)17(21)15(12)18(19)25/h8H,3-7,9-10H2,1-2H3,(H,23,24)/p-1. The normalized spacial score (nSPS) is 18.7. The molecule has 2 rings (SSSR count). The highest BCUT2D eigenvalue weighted by atomic mass is 35.5. The van der Waals surface area contributed by atoms with E-state index in [1.54, 1.807) is 6.07 Å². The number of carboxylic acid groups (broad SMARTS) is 1. The summed E-state index contributed by atoms with van der Waals surface area (Å²) in [4.78, 5) is 35.3. The van der Waals surface area contributed by atoms with Gasteiger partial charge in [0.1, 0.15) is 23.2 Å². The zero-order chi connectivity index (χ0) is 19.5. The van der Waals surface area contributed by atoms with Crippen LogP contribution in [0.5, 0.6) is 5.75 Å². The van der Waals surface area contributed by atoms with Crippen LogP contribution in [0.3, 0.4) is 0 Å². The van der Waals surface area contributed by atoms with Gasteiger partial charge in [-0.1, -0.05) is 43.0 Å². The van der Waals surface area contributed by atoms with Crippen molar-refractivity contribution in [3.8, 4) is 5.75 Å². The average molecular weight is 400 g/mol. The molecule has 1 unspecified atom stereocenters. The average Bonchev–Trinajstić information content (AvgIpc) is 2.85. The number of unbranched alkanes of at least 4 members (excludes halogenated alkanes) is 1. The van der Waals surface area contributed by atoms with Gasteiger partial charge in [-0.05, 0) is 37.8 Å². The van der Waals surface area contributed by atoms with E-state index in [-0.39, 0.29) is 27.4 Å². The quantitative estimate of drug-likeness (QED) is 0.635. The molecular formula is C19H21Cl2O5-. The van der Waals surface area contributed by atoms with Crippen molar-refractivity contribution in [3.63, 3.8) is 0 Å². The molecule has 1 atom stereocenters. The van der Waals surface area contributed by atoms with Crippen LogP contribution < -0.4 is 9.84 Å². The number of carbonyl (C=O) groups is 3. The Morgan fingerprint density at radius 2 is 1.96 bits per heavy atom. The maximum Gasteiger partial charge on any atom is 0.171 e. The van der Waals surface area contributed by atoms with E-state index >= 15 is 0 Å². The number of ether oxygens (including phenoxy) is 1. The van der Waals surface area contributed by atoms with E-state index in [9.17, 15) is 19.5 Å². The Kier molecular flexibility index (Phi) is 6.69. The Bertz CT molecular complexity index is 744. The fourth-order valence-corrected chi connectivity index (χ4v) is 3.95. The first kappa shape index (κ1) is 20.7. The van der Waals surface area contributed by atoms with Crippen LogP contribution in [0, 0.1) is 5.41 Å². The molecule has 0 saturated carbocycles. The predicted octanol–water partition coefficient (Wildman–Crippen LogP) is 3.41. The Balaban J connectivity index is 2.41. The Morgan fingerprint density at radius 3 is 2.54 bits per heavy atom. The van der Waals surface area contributed by atoms with E-state index in [0.29, 0.717) is 36.8 Å². The molecule has 0 saturated heterocycles. The van der Waals surface area contributed by atoms with Gasteiger partial charge >= 0.3 is 0 Å². The van der Waals surface area contributed by atoms with Gasteiger partial charge in [-0.2, -0.15) is 0 Å². The van der Waals surface area contributed by atoms with Crippen LogP contribution in [0.15, 0.2) is 6.07 Å². The summed E-state index contributed by atoms with van der Waals surface area (Å²) in [6.45, 7) is 2.89. The zero-order valence-corrected chi connectivity index (χ0v) is 16.3. The molecule has 142 valence electrons. The lowest BCUT2D eigenvalue weighted by Gasteiger charge is -2.27. The van der Waals surface area contributed by atoms with Crippen LogP contribution >= 0.6 is 23.2 Å². The smallest absolute Gasteiger partial charge is 0.171 e. The van der Waals surface area contributed by atoms with Crippen molar-refractivity contribution >= 4 is 40.7 Å². The number of aliphatic carboxylic acids is 1. The molecule has 1 aromatic carbocycles. The van der Waals surface area contributed by atoms with Gasteiger partial charge in [-0.25, -0.2) is 0 Å². The topological polar surface area (TPSA) is 83.5 Å². The van der Waals surface area contributed by atoms with Crippen molar-refractivity contribution < 1.29 is 24.2 Å². The Labute approximate surface area is 162 Å². The summed E-state index contributed by atoms with van der Waals surface area (Å²) in [5, 5.41) is 10.7. The number of halogens is 2. The number of carboxylic acids is 1. The SMILES string of the molecule is CCCCC1(CCC(C)=O)Cc2cc(OCC(=O)[O-])c(Cl)c(Cl)c2C1=O. The van der Waals surface area contributed by atoms with Crippen molar-refractivity contribution in [2.75, 3.05) is 6.61 Å². The summed E-state index contributed by atoms with van der Waals surface area (Å²) in [6.07, 6.45) is 3.67. The van der Waals surface area contributed by atoms with Gasteiger partial charge in [0.05, 0.1) is 11.0 Å². The molecule has 0 N–H and O–H groups in total. The molecule has 1 aromatic rings. The maximum absolute atomic E-state index is 13.2. The molecule has 1 aliphatic carbocycles. The molecule has 0 aromatic heterocycles. The highest BCUT2D eigenvalue weighted by Crippen LogP contribution is 2.50. The molecule has 0 bridgehead atoms. The number of hydrogen-bond donors (Lipinski definition) is 0. The summed E-state index contributed by atoms with van der Waals surface area (Å²) >= 11 is 12.5. The zero-order valence-electron chi connectivity index (χ0n) is 14.8. The first-order valence-corrected chi connectivity index (χ1v) is 9.35. The van der Waals surface area contributed by atoms with Crippen molar-refractivity contribution in [1.29, 1.82) is 0 Å². The molecule has 0 aliphatic heterocycles. The number of Topliss-reactive ketones (excluding diaryl/α,β-unsaturated/α-hetero) is 2. The molecule has 1 aliphatic rings. The van der Waals surface area contributed by atoms with Gasteiger partial charge in [0.25, 0.3) is 0 Å². The van der Waals surface area contributed by atoms with Crippen LogP contribution in [0.4, 0.5) is 0 Å². The van der Waals surface area contributed by atoms with E-state index in [4.69, 9.17) is 27.9 Å². The van der Waals surface area contributed by atoms with E-state index in [2.05, 4.69) is 0 Å². The first-order chi connectivity index (χ1) is 12.2. The fourth-order valence-electron chi connectivity index (χ4n) is 3.45. The minimum absolute atomic E-state index is 0.0119. The van der Waals surface area contributed by atoms with Gasteiger partial charge in [0.15, 0.2) is 5.78 Å². The van der Waals surface area contributed by atoms with Gasteiger partial charge in [-0.3, -0.25) is 4.79 Å². The lowest BCUT2D eigenvalue weighted by Crippen LogP contribution is -2.29. The van der Waals surface area contributed by atoms with Gasteiger partial charge in [-0.15, -0.1) is 0 Å². The Morgan fingerprint density at radius 1 is 1.27 bits per heavy atom. The predicted molar refractivity (Wildman–Crippen MR) is 96.9 cm³/mol. The number of hydrogen-bond acceptors (Lipinski definition) is 5. The molecule has 0 radical (unpaired) electrons. The second kappa shape index (κ2) is 8.40. The fraction of sp³-hybridized carbons (Fsp3) is 0.526. The van der Waals surface area contributed by atoms with Crippen molar-refractivity contribution in [2.45, 2.75) is 52.4 Å². The third-order valence-electron chi connectivity index (χ3n) is 4.80. The second-order valence-corrected chi connectivity index (χ2v) is 7.55. The van der Waals surface area contributed by atoms with Crippen LogP contribution in [-0.2, 0) is 16.0 Å². The summed E-state index contributed by atoms with van der Waals surface area (Å²) in [5.74, 6) is -1.33. The van der Waals surface area contributed by atoms with E-state index < -0.39 is 18.0 Å². The van der Waals surface area contributed by atoms with Crippen LogP contribution in [0.25, 0.3) is 0 Å². The molecule has 26 heavy (non-hydrogen) atoms. The molecule has 0 fully saturated rings. The van der Waals surface area contributed by atoms with Crippen LogP contribution in [-0.4, -0.2) is 24.1 Å². The first-order valence-electron chi connectivity index (χ1n) is 8.59. The summed E-state index contributed by atoms with van der Waals surface area (Å²) in [6, 6.07) is 1.58. The lowest BCUT2D eigenvalue weighted by molar-refractivity contribution is -0.307. The lowest BCUT2D eigenvalue weighted by atomic mass is 9.75. The maximum atomic E-state index is 13.2. The van der Waals surface area contributed by atoms with Gasteiger partial charge in [0, 0.05) is 17.4 Å². The number of ketones is 2. The van der Waals surface area contributed by atoms with E-state index in [1.165, 1.54) is 6.92 Å². The van der Waals surface area contributed by atoms with Gasteiger partial charge < -0.3 is 19.4 Å². The second-order valence-electron chi connectivity index (χ2n) is 6.79. The van der Waals surface area contributed by atoms with E-state index in [0.717, 1.165) is 12.8 Å². The molecule has 0 amide bonds. The van der Waals surface area contributed by atoms with Crippen molar-refractivity contribution in [3.05, 3.63) is 27.2 Å². The van der Waals surface area contributed by atoms with E-state index in [1.807, 2.05) is 6.92 Å². The molecule has 5 nitrogen and oxygen atoms in total. The van der Waals surface area contributed by atoms with Gasteiger partial charge in [0.2, 0.25) is 0 Å². The largest absolute Gasteiger partial charge is 0.546 e. The summed E-state index contributed by atoms with van der Waals surface area (Å²) in [5.41, 5.74) is 0.360. The molecule has 0 spiro atoms. The highest BCUT2D eigenvalue weighted by molar-refractivity contribution is 6.45. The van der Waals surface area contributed by atoms with Crippen molar-refractivity contribution in [1.82, 2.24) is 0 Å². The minimum atomic E-state index is -1.38. The number of fused-ring (bicyclic) bond motifs is 1. The highest BCUT2D eigenvalue weighted by Gasteiger charge is 2.46. The Hall–Kier alpha value is -1.59. The number of carbonyl (C=O) groups excluding carboxylic acids is 3. The molecular weight excluding hydrogens is 379 g/mol. The third-order valence-corrected chi connectivity index (χ3v) is 5.65. The molecule has 7 heteroatoms. The van der Waals surface area contributed by atoms with Crippen LogP contribution in [0.2, 0.25) is 10.0 Å².